The molecule has 17 heteroatoms. The van der Waals surface area contributed by atoms with Gasteiger partial charge in [0.25, 0.3) is 18.7 Å². The number of allylic oxidation sites excluding steroid dienone is 1. The molecule has 40 heavy (non-hydrogen) atoms. The van der Waals surface area contributed by atoms with E-state index in [2.05, 4.69) is 24.7 Å². The van der Waals surface area contributed by atoms with E-state index in [1.54, 1.807) is 6.08 Å². The zero-order valence-corrected chi connectivity index (χ0v) is 22.9. The minimum absolute atomic E-state index is 0.0467. The summed E-state index contributed by atoms with van der Waals surface area (Å²) in [5.74, 6) is -2.87. The summed E-state index contributed by atoms with van der Waals surface area (Å²) in [5, 5.41) is 15.3. The molecular formula is C23H28FN8O6S2+. The summed E-state index contributed by atoms with van der Waals surface area (Å²) in [5.41, 5.74) is 10.7. The van der Waals surface area contributed by atoms with E-state index in [0.717, 1.165) is 59.8 Å². The normalized spacial score (nSPS) is 29.8. The molecule has 6 N–H and O–H groups in total. The van der Waals surface area contributed by atoms with Crippen molar-refractivity contribution in [1.29, 1.82) is 0 Å². The third kappa shape index (κ3) is 4.92. The Bertz CT molecular complexity index is 1320. The van der Waals surface area contributed by atoms with Crippen molar-refractivity contribution >= 4 is 57.8 Å². The SMILES string of the molecule is NC(=O)C12CC[N+](C/C=C/C3=C(C(=O)O)N4C(=O)[C@@H](NC(=O)/C(=N\OCF)c5nsc(N)n5)[C@@H]4SC3)(CC1)CC2. The van der Waals surface area contributed by atoms with Gasteiger partial charge in [0.2, 0.25) is 17.4 Å². The highest BCUT2D eigenvalue weighted by atomic mass is 32.2. The van der Waals surface area contributed by atoms with Crippen molar-refractivity contribution in [1.82, 2.24) is 19.6 Å². The standard InChI is InChI=1S/C23H27FN8O6S2/c24-11-38-29-13(16-28-22(26)40-30-16)17(33)27-14-18(34)31-15(20(35)36)12(10-39-19(14)31)2-1-6-32-7-3-23(4-8-32,5-9-32)21(25)37/h1-2,14,19H,3-11H2,(H5-,25,26,27,28,30,33,35,36,37)/p+1/b2-1+,29-13-/t14-,19+,23?,32?/m1/s1. The summed E-state index contributed by atoms with van der Waals surface area (Å²) in [6.07, 6.45) is 5.95. The van der Waals surface area contributed by atoms with E-state index in [0.29, 0.717) is 17.9 Å². The number of hydrogen-bond acceptors (Lipinski definition) is 11. The second kappa shape index (κ2) is 10.8. The number of fused-ring (bicyclic) bond motifs is 4. The fraction of sp³-hybridized carbons (Fsp3) is 0.522. The average molecular weight is 596 g/mol. The van der Waals surface area contributed by atoms with E-state index in [9.17, 15) is 28.7 Å². The number of halogens is 1. The Kier molecular flexibility index (Phi) is 7.54. The summed E-state index contributed by atoms with van der Waals surface area (Å²) >= 11 is 2.10. The Balaban J connectivity index is 1.27. The van der Waals surface area contributed by atoms with E-state index in [4.69, 9.17) is 11.5 Å². The number of amides is 3. The average Bonchev–Trinajstić information content (AvgIpc) is 3.38. The number of anilines is 1. The van der Waals surface area contributed by atoms with Crippen LogP contribution in [0.15, 0.2) is 28.6 Å². The van der Waals surface area contributed by atoms with Gasteiger partial charge in [-0.3, -0.25) is 19.3 Å². The lowest BCUT2D eigenvalue weighted by molar-refractivity contribution is -0.939. The first-order valence-corrected chi connectivity index (χ1v) is 14.3. The van der Waals surface area contributed by atoms with Gasteiger partial charge in [-0.15, -0.1) is 11.8 Å². The number of oxime groups is 1. The van der Waals surface area contributed by atoms with Crippen molar-refractivity contribution in [3.05, 3.63) is 29.2 Å². The Morgan fingerprint density at radius 1 is 1.30 bits per heavy atom. The highest BCUT2D eigenvalue weighted by Gasteiger charge is 2.55. The van der Waals surface area contributed by atoms with E-state index in [1.807, 2.05) is 6.08 Å². The maximum atomic E-state index is 13.0. The quantitative estimate of drug-likeness (QED) is 0.119. The lowest BCUT2D eigenvalue weighted by Crippen LogP contribution is -2.71. The number of primary amides is 1. The van der Waals surface area contributed by atoms with Gasteiger partial charge in [-0.05, 0) is 11.6 Å². The number of β-lactam (4-membered cyclic amide) rings is 1. The number of nitrogens with two attached hydrogens (primary N) is 2. The molecule has 214 valence electrons. The van der Waals surface area contributed by atoms with E-state index in [1.165, 1.54) is 11.8 Å². The van der Waals surface area contributed by atoms with Crippen molar-refractivity contribution in [2.75, 3.05) is 44.5 Å². The van der Waals surface area contributed by atoms with Crippen LogP contribution in [-0.4, -0.2) is 103 Å². The van der Waals surface area contributed by atoms with E-state index >= 15 is 0 Å². The van der Waals surface area contributed by atoms with Gasteiger partial charge in [0.05, 0.1) is 31.6 Å². The van der Waals surface area contributed by atoms with Crippen molar-refractivity contribution < 1.29 is 38.0 Å². The predicted octanol–water partition coefficient (Wildman–Crippen LogP) is -0.451. The van der Waals surface area contributed by atoms with Gasteiger partial charge in [-0.2, -0.15) is 9.36 Å². The van der Waals surface area contributed by atoms with E-state index in [-0.39, 0.29) is 22.6 Å². The molecule has 1 aromatic rings. The number of aliphatic carboxylic acids is 1. The minimum atomic E-state index is -1.30. The number of piperidine rings is 3. The smallest absolute Gasteiger partial charge is 0.352 e. The molecule has 0 saturated carbocycles. The van der Waals surface area contributed by atoms with Crippen LogP contribution in [0.25, 0.3) is 0 Å². The van der Waals surface area contributed by atoms with Crippen LogP contribution in [0.4, 0.5) is 9.52 Å². The molecule has 3 amide bonds. The lowest BCUT2D eigenvalue weighted by Gasteiger charge is -2.53. The monoisotopic (exact) mass is 595 g/mol. The molecular weight excluding hydrogens is 567 g/mol. The molecule has 14 nitrogen and oxygen atoms in total. The number of carbonyl (C=O) groups excluding carboxylic acids is 3. The number of nitrogen functional groups attached to an aromatic ring is 1. The van der Waals surface area contributed by atoms with Crippen LogP contribution in [0.5, 0.6) is 0 Å². The van der Waals surface area contributed by atoms with Gasteiger partial charge in [0.1, 0.15) is 17.1 Å². The molecule has 0 radical (unpaired) electrons. The van der Waals surface area contributed by atoms with Crippen LogP contribution in [0.3, 0.4) is 0 Å². The molecule has 4 fully saturated rings. The molecule has 0 spiro atoms. The number of carboxylic acids is 1. The Morgan fingerprint density at radius 2 is 2.00 bits per heavy atom. The van der Waals surface area contributed by atoms with Gasteiger partial charge in [-0.25, -0.2) is 9.18 Å². The predicted molar refractivity (Wildman–Crippen MR) is 142 cm³/mol. The van der Waals surface area contributed by atoms with Crippen molar-refractivity contribution in [2.45, 2.75) is 30.7 Å². The molecule has 6 heterocycles. The summed E-state index contributed by atoms with van der Waals surface area (Å²) in [7, 11) is 0. The Labute approximate surface area is 236 Å². The van der Waals surface area contributed by atoms with E-state index < -0.39 is 47.2 Å². The lowest BCUT2D eigenvalue weighted by atomic mass is 9.70. The fourth-order valence-electron chi connectivity index (χ4n) is 5.71. The maximum Gasteiger partial charge on any atom is 0.352 e. The molecule has 1 aromatic heterocycles. The summed E-state index contributed by atoms with van der Waals surface area (Å²) in [6.45, 7) is 1.90. The topological polar surface area (TPSA) is 203 Å². The first-order chi connectivity index (χ1) is 19.1. The van der Waals surface area contributed by atoms with Crippen LogP contribution in [0, 0.1) is 5.41 Å². The minimum Gasteiger partial charge on any atom is -0.477 e. The zero-order valence-electron chi connectivity index (χ0n) is 21.2. The van der Waals surface area contributed by atoms with Gasteiger partial charge in [-0.1, -0.05) is 11.2 Å². The number of nitrogens with one attached hydrogen (secondary N) is 1. The molecule has 4 saturated heterocycles. The third-order valence-corrected chi connectivity index (χ3v) is 9.93. The van der Waals surface area contributed by atoms with Crippen LogP contribution in [-0.2, 0) is 24.0 Å². The fourth-order valence-corrected chi connectivity index (χ4v) is 7.46. The third-order valence-electron chi connectivity index (χ3n) is 8.09. The number of carbonyl (C=O) groups is 4. The highest BCUT2D eigenvalue weighted by molar-refractivity contribution is 8.00. The number of aromatic nitrogens is 2. The Morgan fingerprint density at radius 3 is 2.58 bits per heavy atom. The number of alkyl halides is 1. The summed E-state index contributed by atoms with van der Waals surface area (Å²) in [4.78, 5) is 59.4. The number of quaternary nitrogens is 1. The molecule has 6 rings (SSSR count). The number of carboxylic acid groups (broad SMARTS) is 1. The van der Waals surface area contributed by atoms with Gasteiger partial charge in [0.15, 0.2) is 5.13 Å². The first-order valence-electron chi connectivity index (χ1n) is 12.5. The molecule has 2 bridgehead atoms. The molecule has 0 aromatic carbocycles. The molecule has 5 aliphatic heterocycles. The van der Waals surface area contributed by atoms with Crippen molar-refractivity contribution in [3.8, 4) is 0 Å². The van der Waals surface area contributed by atoms with Crippen LogP contribution in [0.1, 0.15) is 25.1 Å². The first kappa shape index (κ1) is 28.0. The highest BCUT2D eigenvalue weighted by Crippen LogP contribution is 2.44. The van der Waals surface area contributed by atoms with Gasteiger partial charge >= 0.3 is 5.97 Å². The zero-order chi connectivity index (χ0) is 28.7. The van der Waals surface area contributed by atoms with Crippen LogP contribution >= 0.6 is 23.3 Å². The molecule has 0 aliphatic carbocycles. The number of rotatable bonds is 10. The number of hydrogen-bond donors (Lipinski definition) is 4. The number of nitrogens with zero attached hydrogens (tertiary/aromatic N) is 5. The summed E-state index contributed by atoms with van der Waals surface area (Å²) < 4.78 is 17.2. The molecule has 0 unspecified atom stereocenters. The second-order valence-corrected chi connectivity index (χ2v) is 12.1. The van der Waals surface area contributed by atoms with Crippen LogP contribution in [0.2, 0.25) is 0 Å². The molecule has 2 atom stereocenters. The van der Waals surface area contributed by atoms with Crippen molar-refractivity contribution in [2.24, 2.45) is 16.3 Å². The van der Waals surface area contributed by atoms with Crippen LogP contribution < -0.4 is 16.8 Å². The van der Waals surface area contributed by atoms with Gasteiger partial charge < -0.3 is 31.2 Å². The Hall–Kier alpha value is -3.57. The summed E-state index contributed by atoms with van der Waals surface area (Å²) in [6, 6.07) is -1.05. The van der Waals surface area contributed by atoms with Gasteiger partial charge in [0, 0.05) is 36.5 Å². The van der Waals surface area contributed by atoms with Crippen molar-refractivity contribution in [3.63, 3.8) is 0 Å². The largest absolute Gasteiger partial charge is 0.477 e. The second-order valence-electron chi connectivity index (χ2n) is 10.2. The maximum absolute atomic E-state index is 13.0. The molecule has 5 aliphatic rings. The number of thioether (sulfide) groups is 1.